The summed E-state index contributed by atoms with van der Waals surface area (Å²) in [5.74, 6) is 1.07. The molecule has 0 amide bonds. The molecule has 1 saturated carbocycles. The van der Waals surface area contributed by atoms with Gasteiger partial charge in [-0.05, 0) is 31.7 Å². The number of rotatable bonds is 8. The number of aryl methyl sites for hydroxylation is 1. The van der Waals surface area contributed by atoms with Crippen LogP contribution >= 0.6 is 0 Å². The molecule has 4 nitrogen and oxygen atoms in total. The average molecular weight is 297 g/mol. The highest BCUT2D eigenvalue weighted by Crippen LogP contribution is 2.25. The maximum atomic E-state index is 11.1. The standard InChI is InChI=1S/C15H23NO3S/c1-12-5-3-6-13(11-16-14-7-8-14)15(12)19-9-4-10-20(2,17)18/h3,5-6,14,16H,4,7-11H2,1-2H3. The number of sulfone groups is 1. The third-order valence-corrected chi connectivity index (χ3v) is 4.39. The van der Waals surface area contributed by atoms with Gasteiger partial charge in [0.05, 0.1) is 12.4 Å². The topological polar surface area (TPSA) is 55.4 Å². The molecule has 5 heteroatoms. The van der Waals surface area contributed by atoms with Crippen LogP contribution in [0.5, 0.6) is 5.75 Å². The summed E-state index contributed by atoms with van der Waals surface area (Å²) in [5.41, 5.74) is 2.25. The van der Waals surface area contributed by atoms with Crippen molar-refractivity contribution in [3.63, 3.8) is 0 Å². The highest BCUT2D eigenvalue weighted by molar-refractivity contribution is 7.90. The Bertz CT molecular complexity index is 550. The van der Waals surface area contributed by atoms with E-state index in [0.29, 0.717) is 19.1 Å². The lowest BCUT2D eigenvalue weighted by molar-refractivity contribution is 0.311. The van der Waals surface area contributed by atoms with E-state index < -0.39 is 9.84 Å². The fraction of sp³-hybridized carbons (Fsp3) is 0.600. The van der Waals surface area contributed by atoms with Crippen molar-refractivity contribution in [3.05, 3.63) is 29.3 Å². The van der Waals surface area contributed by atoms with E-state index in [1.54, 1.807) is 0 Å². The Labute approximate surface area is 121 Å². The van der Waals surface area contributed by atoms with E-state index in [1.165, 1.54) is 19.1 Å². The van der Waals surface area contributed by atoms with Crippen LogP contribution in [0, 0.1) is 6.92 Å². The maximum absolute atomic E-state index is 11.1. The van der Waals surface area contributed by atoms with Crippen LogP contribution in [0.3, 0.4) is 0 Å². The first-order valence-electron chi connectivity index (χ1n) is 7.08. The molecule has 0 saturated heterocycles. The van der Waals surface area contributed by atoms with Crippen molar-refractivity contribution in [3.8, 4) is 5.75 Å². The van der Waals surface area contributed by atoms with Gasteiger partial charge in [-0.2, -0.15) is 0 Å². The van der Waals surface area contributed by atoms with Crippen molar-refractivity contribution in [2.45, 2.75) is 38.8 Å². The van der Waals surface area contributed by atoms with Crippen LogP contribution in [-0.2, 0) is 16.4 Å². The van der Waals surface area contributed by atoms with Gasteiger partial charge in [-0.25, -0.2) is 8.42 Å². The van der Waals surface area contributed by atoms with Gasteiger partial charge >= 0.3 is 0 Å². The summed E-state index contributed by atoms with van der Waals surface area (Å²) < 4.78 is 28.0. The van der Waals surface area contributed by atoms with Crippen molar-refractivity contribution in [2.75, 3.05) is 18.6 Å². The third-order valence-electron chi connectivity index (χ3n) is 3.36. The second kappa shape index (κ2) is 6.59. The first-order valence-corrected chi connectivity index (χ1v) is 9.14. The van der Waals surface area contributed by atoms with Crippen LogP contribution in [0.25, 0.3) is 0 Å². The molecule has 1 fully saturated rings. The summed E-state index contributed by atoms with van der Waals surface area (Å²) >= 11 is 0. The van der Waals surface area contributed by atoms with E-state index in [2.05, 4.69) is 11.4 Å². The quantitative estimate of drug-likeness (QED) is 0.746. The van der Waals surface area contributed by atoms with Crippen molar-refractivity contribution in [2.24, 2.45) is 0 Å². The zero-order valence-electron chi connectivity index (χ0n) is 12.2. The minimum Gasteiger partial charge on any atom is -0.493 e. The molecule has 112 valence electrons. The molecule has 0 bridgehead atoms. The van der Waals surface area contributed by atoms with Crippen LogP contribution in [0.2, 0.25) is 0 Å². The number of hydrogen-bond acceptors (Lipinski definition) is 4. The second-order valence-corrected chi connectivity index (χ2v) is 7.81. The molecule has 20 heavy (non-hydrogen) atoms. The lowest BCUT2D eigenvalue weighted by Crippen LogP contribution is -2.17. The first-order chi connectivity index (χ1) is 9.46. The first kappa shape index (κ1) is 15.3. The zero-order valence-corrected chi connectivity index (χ0v) is 13.0. The van der Waals surface area contributed by atoms with Gasteiger partial charge < -0.3 is 10.1 Å². The second-order valence-electron chi connectivity index (χ2n) is 5.55. The number of nitrogens with one attached hydrogen (secondary N) is 1. The van der Waals surface area contributed by atoms with Gasteiger partial charge in [-0.1, -0.05) is 18.2 Å². The molecule has 2 rings (SSSR count). The Balaban J connectivity index is 1.90. The summed E-state index contributed by atoms with van der Waals surface area (Å²) in [6.45, 7) is 3.27. The van der Waals surface area contributed by atoms with E-state index in [9.17, 15) is 8.42 Å². The van der Waals surface area contributed by atoms with E-state index in [4.69, 9.17) is 4.74 Å². The molecule has 0 aliphatic heterocycles. The van der Waals surface area contributed by atoms with Crippen LogP contribution in [0.1, 0.15) is 30.4 Å². The van der Waals surface area contributed by atoms with Crippen LogP contribution in [0.15, 0.2) is 18.2 Å². The monoisotopic (exact) mass is 297 g/mol. The molecule has 1 aromatic rings. The predicted molar refractivity (Wildman–Crippen MR) is 80.9 cm³/mol. The molecule has 0 radical (unpaired) electrons. The van der Waals surface area contributed by atoms with Crippen LogP contribution in [-0.4, -0.2) is 33.1 Å². The SMILES string of the molecule is Cc1cccc(CNC2CC2)c1OCCCS(C)(=O)=O. The summed E-state index contributed by atoms with van der Waals surface area (Å²) in [6, 6.07) is 6.78. The highest BCUT2D eigenvalue weighted by atomic mass is 32.2. The average Bonchev–Trinajstić information content (AvgIpc) is 3.17. The molecule has 0 heterocycles. The molecule has 0 atom stereocenters. The smallest absolute Gasteiger partial charge is 0.147 e. The fourth-order valence-electron chi connectivity index (χ4n) is 2.10. The summed E-state index contributed by atoms with van der Waals surface area (Å²) in [5, 5.41) is 3.48. The van der Waals surface area contributed by atoms with Crippen molar-refractivity contribution < 1.29 is 13.2 Å². The van der Waals surface area contributed by atoms with E-state index >= 15 is 0 Å². The molecule has 0 unspecified atom stereocenters. The van der Waals surface area contributed by atoms with E-state index in [1.807, 2.05) is 19.1 Å². The van der Waals surface area contributed by atoms with Crippen LogP contribution in [0.4, 0.5) is 0 Å². The van der Waals surface area contributed by atoms with Gasteiger partial charge in [0, 0.05) is 24.4 Å². The Kier molecular flexibility index (Phi) is 5.05. The Morgan fingerprint density at radius 1 is 1.35 bits per heavy atom. The van der Waals surface area contributed by atoms with Crippen molar-refractivity contribution in [1.29, 1.82) is 0 Å². The normalized spacial score (nSPS) is 15.3. The zero-order chi connectivity index (χ0) is 14.6. The van der Waals surface area contributed by atoms with Gasteiger partial charge in [-0.15, -0.1) is 0 Å². The van der Waals surface area contributed by atoms with Crippen LogP contribution < -0.4 is 10.1 Å². The third kappa shape index (κ3) is 5.13. The van der Waals surface area contributed by atoms with Gasteiger partial charge in [0.25, 0.3) is 0 Å². The minimum absolute atomic E-state index is 0.175. The molecule has 1 N–H and O–H groups in total. The molecule has 0 aromatic heterocycles. The lowest BCUT2D eigenvalue weighted by Gasteiger charge is -2.14. The van der Waals surface area contributed by atoms with Gasteiger partial charge in [0.15, 0.2) is 0 Å². The molecule has 1 aliphatic carbocycles. The summed E-state index contributed by atoms with van der Waals surface area (Å²) in [4.78, 5) is 0. The molecule has 1 aromatic carbocycles. The molecule has 0 spiro atoms. The fourth-order valence-corrected chi connectivity index (χ4v) is 2.74. The van der Waals surface area contributed by atoms with E-state index in [-0.39, 0.29) is 5.75 Å². The maximum Gasteiger partial charge on any atom is 0.147 e. The Morgan fingerprint density at radius 3 is 2.75 bits per heavy atom. The minimum atomic E-state index is -2.90. The number of ether oxygens (including phenoxy) is 1. The molecular formula is C15H23NO3S. The Hall–Kier alpha value is -1.07. The Morgan fingerprint density at radius 2 is 2.10 bits per heavy atom. The number of benzene rings is 1. The largest absolute Gasteiger partial charge is 0.493 e. The summed E-state index contributed by atoms with van der Waals surface area (Å²) in [6.07, 6.45) is 4.31. The molecule has 1 aliphatic rings. The van der Waals surface area contributed by atoms with Crippen molar-refractivity contribution >= 4 is 9.84 Å². The van der Waals surface area contributed by atoms with E-state index in [0.717, 1.165) is 23.4 Å². The van der Waals surface area contributed by atoms with Gasteiger partial charge in [-0.3, -0.25) is 0 Å². The number of hydrogen-bond donors (Lipinski definition) is 1. The summed E-state index contributed by atoms with van der Waals surface area (Å²) in [7, 11) is -2.90. The highest BCUT2D eigenvalue weighted by Gasteiger charge is 2.20. The lowest BCUT2D eigenvalue weighted by atomic mass is 10.1. The number of para-hydroxylation sites is 1. The van der Waals surface area contributed by atoms with Crippen molar-refractivity contribution in [1.82, 2.24) is 5.32 Å². The van der Waals surface area contributed by atoms with Gasteiger partial charge in [0.1, 0.15) is 15.6 Å². The predicted octanol–water partition coefficient (Wildman–Crippen LogP) is 2.06. The van der Waals surface area contributed by atoms with Gasteiger partial charge in [0.2, 0.25) is 0 Å². The molecular weight excluding hydrogens is 274 g/mol.